The van der Waals surface area contributed by atoms with E-state index in [4.69, 9.17) is 0 Å². The summed E-state index contributed by atoms with van der Waals surface area (Å²) in [5, 5.41) is 2.91. The van der Waals surface area contributed by atoms with E-state index in [1.807, 2.05) is 12.1 Å². The lowest BCUT2D eigenvalue weighted by Gasteiger charge is -2.10. The maximum absolute atomic E-state index is 12.6. The monoisotopic (exact) mass is 312 g/mol. The highest BCUT2D eigenvalue weighted by atomic mass is 32.1. The lowest BCUT2D eigenvalue weighted by atomic mass is 10.2. The van der Waals surface area contributed by atoms with Crippen molar-refractivity contribution in [2.45, 2.75) is 6.18 Å². The first kappa shape index (κ1) is 15.2. The first-order valence-corrected chi connectivity index (χ1v) is 6.53. The molecule has 0 aliphatic rings. The van der Waals surface area contributed by atoms with Gasteiger partial charge in [0, 0.05) is 11.9 Å². The van der Waals surface area contributed by atoms with E-state index >= 15 is 0 Å². The van der Waals surface area contributed by atoms with E-state index in [1.54, 1.807) is 11.6 Å². The quantitative estimate of drug-likeness (QED) is 0.724. The number of anilines is 2. The molecule has 8 heteroatoms. The molecule has 0 saturated heterocycles. The maximum atomic E-state index is 12.6. The maximum Gasteiger partial charge on any atom is 0.417 e. The summed E-state index contributed by atoms with van der Waals surface area (Å²) in [6.45, 7) is 0. The minimum atomic E-state index is -4.40. The molecule has 0 aliphatic heterocycles. The highest BCUT2D eigenvalue weighted by Gasteiger charge is 2.31. The van der Waals surface area contributed by atoms with Crippen LogP contribution in [0.25, 0.3) is 10.2 Å². The average molecular weight is 312 g/mol. The molecule has 4 nitrogen and oxygen atoms in total. The van der Waals surface area contributed by atoms with Crippen LogP contribution in [0.5, 0.6) is 0 Å². The van der Waals surface area contributed by atoms with Crippen molar-refractivity contribution in [3.8, 4) is 0 Å². The molecule has 1 aromatic carbocycles. The lowest BCUT2D eigenvalue weighted by molar-refractivity contribution is -0.137. The summed E-state index contributed by atoms with van der Waals surface area (Å²) in [7, 11) is 0. The first-order valence-electron chi connectivity index (χ1n) is 5.65. The van der Waals surface area contributed by atoms with Crippen molar-refractivity contribution in [3.63, 3.8) is 0 Å². The van der Waals surface area contributed by atoms with Gasteiger partial charge >= 0.3 is 6.18 Å². The number of aromatic nitrogens is 2. The van der Waals surface area contributed by atoms with Gasteiger partial charge in [0.05, 0.1) is 33.2 Å². The van der Waals surface area contributed by atoms with Gasteiger partial charge in [0.1, 0.15) is 0 Å². The highest BCUT2D eigenvalue weighted by Crippen LogP contribution is 2.31. The number of nitrogens with zero attached hydrogens (tertiary/aromatic N) is 2. The Kier molecular flexibility index (Phi) is 4.10. The molecule has 3 aromatic rings. The average Bonchev–Trinajstić information content (AvgIpc) is 2.85. The zero-order valence-corrected chi connectivity index (χ0v) is 11.5. The van der Waals surface area contributed by atoms with Crippen molar-refractivity contribution in [1.82, 2.24) is 16.1 Å². The Bertz CT molecular complexity index is 754. The third-order valence-corrected chi connectivity index (χ3v) is 3.48. The summed E-state index contributed by atoms with van der Waals surface area (Å²) in [4.78, 5) is 7.75. The fourth-order valence-electron chi connectivity index (χ4n) is 1.76. The van der Waals surface area contributed by atoms with Crippen LogP contribution in [0.2, 0.25) is 0 Å². The normalized spacial score (nSPS) is 11.2. The van der Waals surface area contributed by atoms with Crippen LogP contribution in [-0.2, 0) is 6.18 Å². The molecular weight excluding hydrogens is 301 g/mol. The Morgan fingerprint density at radius 1 is 1.05 bits per heavy atom. The second kappa shape index (κ2) is 5.66. The second-order valence-corrected chi connectivity index (χ2v) is 5.01. The van der Waals surface area contributed by atoms with Crippen LogP contribution < -0.4 is 11.5 Å². The SMILES string of the molecule is FC(F)(F)c1cncc(Nc2ccc3ncsc3c2)c1.N. The van der Waals surface area contributed by atoms with Crippen molar-refractivity contribution in [1.29, 1.82) is 0 Å². The van der Waals surface area contributed by atoms with E-state index in [0.29, 0.717) is 11.4 Å². The number of thiazole rings is 1. The molecule has 0 fully saturated rings. The van der Waals surface area contributed by atoms with Gasteiger partial charge in [-0.25, -0.2) is 4.98 Å². The summed E-state index contributed by atoms with van der Waals surface area (Å²) < 4.78 is 38.8. The van der Waals surface area contributed by atoms with Crippen molar-refractivity contribution >= 4 is 32.9 Å². The molecule has 0 amide bonds. The summed E-state index contributed by atoms with van der Waals surface area (Å²) in [5.41, 5.74) is 2.80. The highest BCUT2D eigenvalue weighted by molar-refractivity contribution is 7.16. The fraction of sp³-hybridized carbons (Fsp3) is 0.0769. The standard InChI is InChI=1S/C13H8F3N3S.H3N/c14-13(15,16)8-3-10(6-17-5-8)19-9-1-2-11-12(4-9)20-7-18-11;/h1-7,19H;1H3. The molecule has 0 spiro atoms. The van der Waals surface area contributed by atoms with Gasteiger partial charge in [0.15, 0.2) is 0 Å². The van der Waals surface area contributed by atoms with Crippen LogP contribution in [-0.4, -0.2) is 9.97 Å². The van der Waals surface area contributed by atoms with E-state index in [2.05, 4.69) is 15.3 Å². The number of benzene rings is 1. The molecule has 0 atom stereocenters. The van der Waals surface area contributed by atoms with Gasteiger partial charge in [-0.15, -0.1) is 11.3 Å². The Labute approximate surface area is 122 Å². The van der Waals surface area contributed by atoms with Gasteiger partial charge < -0.3 is 11.5 Å². The number of hydrogen-bond acceptors (Lipinski definition) is 5. The molecule has 0 saturated carbocycles. The molecule has 110 valence electrons. The third kappa shape index (κ3) is 3.29. The van der Waals surface area contributed by atoms with Gasteiger partial charge in [0.25, 0.3) is 0 Å². The molecule has 0 unspecified atom stereocenters. The van der Waals surface area contributed by atoms with Crippen molar-refractivity contribution in [2.75, 3.05) is 5.32 Å². The van der Waals surface area contributed by atoms with Gasteiger partial charge in [-0.1, -0.05) is 0 Å². The number of hydrogen-bond donors (Lipinski definition) is 2. The Morgan fingerprint density at radius 2 is 1.86 bits per heavy atom. The topological polar surface area (TPSA) is 72.8 Å². The van der Waals surface area contributed by atoms with Crippen LogP contribution in [0.15, 0.2) is 42.2 Å². The molecule has 2 aromatic heterocycles. The number of alkyl halides is 3. The molecule has 21 heavy (non-hydrogen) atoms. The van der Waals surface area contributed by atoms with Crippen LogP contribution in [0.1, 0.15) is 5.56 Å². The van der Waals surface area contributed by atoms with Crippen LogP contribution in [0, 0.1) is 0 Å². The lowest BCUT2D eigenvalue weighted by Crippen LogP contribution is -2.06. The van der Waals surface area contributed by atoms with Crippen molar-refractivity contribution < 1.29 is 13.2 Å². The predicted octanol–water partition coefficient (Wildman–Crippen LogP) is 4.62. The molecule has 0 radical (unpaired) electrons. The van der Waals surface area contributed by atoms with E-state index in [0.717, 1.165) is 22.5 Å². The Balaban J connectivity index is 0.00000161. The van der Waals surface area contributed by atoms with Gasteiger partial charge in [-0.05, 0) is 24.3 Å². The van der Waals surface area contributed by atoms with E-state index in [1.165, 1.54) is 17.5 Å². The number of halogens is 3. The zero-order valence-electron chi connectivity index (χ0n) is 10.7. The smallest absolute Gasteiger partial charge is 0.354 e. The first-order chi connectivity index (χ1) is 9.52. The van der Waals surface area contributed by atoms with Gasteiger partial charge in [-0.2, -0.15) is 13.2 Å². The molecule has 0 bridgehead atoms. The summed E-state index contributed by atoms with van der Waals surface area (Å²) in [6.07, 6.45) is -2.24. The third-order valence-electron chi connectivity index (χ3n) is 2.69. The summed E-state index contributed by atoms with van der Waals surface area (Å²) in [5.74, 6) is 0. The van der Waals surface area contributed by atoms with E-state index < -0.39 is 11.7 Å². The van der Waals surface area contributed by atoms with Crippen molar-refractivity contribution in [2.24, 2.45) is 0 Å². The predicted molar refractivity (Wildman–Crippen MR) is 77.2 cm³/mol. The van der Waals surface area contributed by atoms with Crippen LogP contribution >= 0.6 is 11.3 Å². The molecular formula is C13H11F3N4S. The molecule has 4 N–H and O–H groups in total. The summed E-state index contributed by atoms with van der Waals surface area (Å²) in [6, 6.07) is 6.45. The fourth-order valence-corrected chi connectivity index (χ4v) is 2.48. The Morgan fingerprint density at radius 3 is 2.62 bits per heavy atom. The molecule has 0 aliphatic carbocycles. The Hall–Kier alpha value is -2.19. The number of fused-ring (bicyclic) bond motifs is 1. The number of nitrogens with one attached hydrogen (secondary N) is 1. The summed E-state index contributed by atoms with van der Waals surface area (Å²) >= 11 is 1.47. The van der Waals surface area contributed by atoms with Crippen LogP contribution in [0.4, 0.5) is 24.5 Å². The zero-order chi connectivity index (χ0) is 14.2. The number of rotatable bonds is 2. The van der Waals surface area contributed by atoms with E-state index in [9.17, 15) is 13.2 Å². The van der Waals surface area contributed by atoms with E-state index in [-0.39, 0.29) is 6.15 Å². The van der Waals surface area contributed by atoms with Crippen LogP contribution in [0.3, 0.4) is 0 Å². The minimum absolute atomic E-state index is 0. The minimum Gasteiger partial charge on any atom is -0.354 e. The van der Waals surface area contributed by atoms with Crippen molar-refractivity contribution in [3.05, 3.63) is 47.7 Å². The number of pyridine rings is 1. The van der Waals surface area contributed by atoms with Gasteiger partial charge in [0.2, 0.25) is 0 Å². The van der Waals surface area contributed by atoms with Gasteiger partial charge in [-0.3, -0.25) is 4.98 Å². The second-order valence-electron chi connectivity index (χ2n) is 4.12. The molecule has 3 rings (SSSR count). The largest absolute Gasteiger partial charge is 0.417 e. The molecule has 2 heterocycles.